The highest BCUT2D eigenvalue weighted by Gasteiger charge is 2.28. The highest BCUT2D eigenvalue weighted by Crippen LogP contribution is 2.24. The second kappa shape index (κ2) is 5.16. The molecule has 1 saturated heterocycles. The fraction of sp³-hybridized carbons (Fsp3) is 1.00. The maximum atomic E-state index is 11.9. The normalized spacial score (nSPS) is 25.8. The Morgan fingerprint density at radius 3 is 2.60 bits per heavy atom. The van der Waals surface area contributed by atoms with Crippen LogP contribution in [0.25, 0.3) is 0 Å². The average Bonchev–Trinajstić information content (AvgIpc) is 2.49. The van der Waals surface area contributed by atoms with E-state index in [4.69, 9.17) is 5.73 Å². The molecular formula is C10H19F3N2. The second-order valence-electron chi connectivity index (χ2n) is 4.40. The van der Waals surface area contributed by atoms with E-state index in [2.05, 4.69) is 4.90 Å². The number of nitrogens with two attached hydrogens (primary N) is 1. The quantitative estimate of drug-likeness (QED) is 0.792. The van der Waals surface area contributed by atoms with Gasteiger partial charge in [0.1, 0.15) is 0 Å². The molecule has 2 unspecified atom stereocenters. The maximum Gasteiger partial charge on any atom is 0.389 e. The molecule has 0 saturated carbocycles. The van der Waals surface area contributed by atoms with Crippen LogP contribution in [0, 0.1) is 0 Å². The summed E-state index contributed by atoms with van der Waals surface area (Å²) >= 11 is 0. The van der Waals surface area contributed by atoms with Crippen molar-refractivity contribution in [2.75, 3.05) is 13.1 Å². The van der Waals surface area contributed by atoms with Gasteiger partial charge in [-0.25, -0.2) is 0 Å². The van der Waals surface area contributed by atoms with Crippen LogP contribution in [0.1, 0.15) is 32.6 Å². The van der Waals surface area contributed by atoms with Crippen LogP contribution in [0.2, 0.25) is 0 Å². The first-order valence-corrected chi connectivity index (χ1v) is 5.45. The van der Waals surface area contributed by atoms with Crippen LogP contribution in [-0.4, -0.2) is 36.2 Å². The average molecular weight is 224 g/mol. The molecule has 1 aliphatic rings. The second-order valence-corrected chi connectivity index (χ2v) is 4.40. The van der Waals surface area contributed by atoms with Crippen LogP contribution in [0.4, 0.5) is 13.2 Å². The van der Waals surface area contributed by atoms with Crippen molar-refractivity contribution < 1.29 is 13.2 Å². The van der Waals surface area contributed by atoms with E-state index in [1.54, 1.807) is 0 Å². The Kier molecular flexibility index (Phi) is 4.40. The summed E-state index contributed by atoms with van der Waals surface area (Å²) < 4.78 is 35.7. The van der Waals surface area contributed by atoms with E-state index < -0.39 is 12.6 Å². The lowest BCUT2D eigenvalue weighted by Crippen LogP contribution is -2.33. The van der Waals surface area contributed by atoms with Crippen LogP contribution in [0.15, 0.2) is 0 Å². The van der Waals surface area contributed by atoms with E-state index in [1.807, 2.05) is 6.92 Å². The smallest absolute Gasteiger partial charge is 0.326 e. The molecule has 0 bridgehead atoms. The highest BCUT2D eigenvalue weighted by molar-refractivity contribution is 4.81. The number of nitrogens with zero attached hydrogens (tertiary/aromatic N) is 1. The maximum absolute atomic E-state index is 11.9. The Balaban J connectivity index is 2.16. The standard InChI is InChI=1S/C10H19F3N2/c1-8(3-2-5-10(11,12)13)15-6-4-9(14)7-15/h8-9H,2-7,14H2,1H3. The Morgan fingerprint density at radius 1 is 1.47 bits per heavy atom. The van der Waals surface area contributed by atoms with Crippen molar-refractivity contribution in [3.05, 3.63) is 0 Å². The van der Waals surface area contributed by atoms with Crippen molar-refractivity contribution in [2.24, 2.45) is 5.73 Å². The van der Waals surface area contributed by atoms with E-state index in [0.717, 1.165) is 19.5 Å². The van der Waals surface area contributed by atoms with Crippen LogP contribution in [0.3, 0.4) is 0 Å². The molecule has 1 heterocycles. The molecule has 0 aromatic carbocycles. The van der Waals surface area contributed by atoms with Crippen LogP contribution in [-0.2, 0) is 0 Å². The van der Waals surface area contributed by atoms with Crippen LogP contribution in [0.5, 0.6) is 0 Å². The van der Waals surface area contributed by atoms with Gasteiger partial charge in [-0.15, -0.1) is 0 Å². The molecule has 15 heavy (non-hydrogen) atoms. The summed E-state index contributed by atoms with van der Waals surface area (Å²) in [6.45, 7) is 3.73. The molecule has 90 valence electrons. The molecule has 2 N–H and O–H groups in total. The summed E-state index contributed by atoms with van der Waals surface area (Å²) in [7, 11) is 0. The lowest BCUT2D eigenvalue weighted by molar-refractivity contribution is -0.136. The van der Waals surface area contributed by atoms with Gasteiger partial charge < -0.3 is 5.73 Å². The molecule has 0 aliphatic carbocycles. The van der Waals surface area contributed by atoms with Crippen molar-refractivity contribution in [3.8, 4) is 0 Å². The van der Waals surface area contributed by atoms with Gasteiger partial charge in [0.15, 0.2) is 0 Å². The number of hydrogen-bond donors (Lipinski definition) is 1. The van der Waals surface area contributed by atoms with Gasteiger partial charge in [-0.05, 0) is 32.7 Å². The van der Waals surface area contributed by atoms with Crippen molar-refractivity contribution in [2.45, 2.75) is 50.9 Å². The Morgan fingerprint density at radius 2 is 2.13 bits per heavy atom. The van der Waals surface area contributed by atoms with Gasteiger partial charge in [0.2, 0.25) is 0 Å². The molecule has 1 aliphatic heterocycles. The van der Waals surface area contributed by atoms with Crippen LogP contribution < -0.4 is 5.73 Å². The number of rotatable bonds is 4. The molecule has 0 amide bonds. The summed E-state index contributed by atoms with van der Waals surface area (Å²) in [6.07, 6.45) is -2.90. The SMILES string of the molecule is CC(CCCC(F)(F)F)N1CCC(N)C1. The largest absolute Gasteiger partial charge is 0.389 e. The zero-order valence-corrected chi connectivity index (χ0v) is 9.06. The van der Waals surface area contributed by atoms with Gasteiger partial charge in [-0.2, -0.15) is 13.2 Å². The van der Waals surface area contributed by atoms with E-state index in [9.17, 15) is 13.2 Å². The molecule has 0 aromatic heterocycles. The number of halogens is 3. The Labute approximate surface area is 88.6 Å². The summed E-state index contributed by atoms with van der Waals surface area (Å²) in [5.41, 5.74) is 5.74. The Hall–Kier alpha value is -0.290. The van der Waals surface area contributed by atoms with Gasteiger partial charge in [0.05, 0.1) is 0 Å². The molecule has 0 spiro atoms. The van der Waals surface area contributed by atoms with Crippen LogP contribution >= 0.6 is 0 Å². The molecule has 2 atom stereocenters. The Bertz CT molecular complexity index is 194. The van der Waals surface area contributed by atoms with Gasteiger partial charge in [0.25, 0.3) is 0 Å². The molecule has 0 radical (unpaired) electrons. The van der Waals surface area contributed by atoms with E-state index in [-0.39, 0.29) is 18.5 Å². The van der Waals surface area contributed by atoms with Gasteiger partial charge >= 0.3 is 6.18 Å². The minimum Gasteiger partial charge on any atom is -0.326 e. The monoisotopic (exact) mass is 224 g/mol. The van der Waals surface area contributed by atoms with Crippen molar-refractivity contribution in [1.29, 1.82) is 0 Å². The lowest BCUT2D eigenvalue weighted by atomic mass is 10.1. The molecule has 0 aromatic rings. The number of hydrogen-bond acceptors (Lipinski definition) is 2. The molecule has 2 nitrogen and oxygen atoms in total. The predicted molar refractivity (Wildman–Crippen MR) is 53.5 cm³/mol. The lowest BCUT2D eigenvalue weighted by Gasteiger charge is -2.24. The summed E-state index contributed by atoms with van der Waals surface area (Å²) in [5, 5.41) is 0. The molecule has 5 heteroatoms. The summed E-state index contributed by atoms with van der Waals surface area (Å²) in [5.74, 6) is 0. The number of alkyl halides is 3. The summed E-state index contributed by atoms with van der Waals surface area (Å²) in [6, 6.07) is 0.427. The number of likely N-dealkylation sites (tertiary alicyclic amines) is 1. The highest BCUT2D eigenvalue weighted by atomic mass is 19.4. The fourth-order valence-electron chi connectivity index (χ4n) is 2.00. The topological polar surface area (TPSA) is 29.3 Å². The van der Waals surface area contributed by atoms with Crippen molar-refractivity contribution in [1.82, 2.24) is 4.90 Å². The zero-order valence-electron chi connectivity index (χ0n) is 9.06. The van der Waals surface area contributed by atoms with E-state index >= 15 is 0 Å². The molecular weight excluding hydrogens is 205 g/mol. The molecule has 1 fully saturated rings. The first kappa shape index (κ1) is 12.8. The zero-order chi connectivity index (χ0) is 11.5. The molecule has 1 rings (SSSR count). The van der Waals surface area contributed by atoms with Crippen molar-refractivity contribution >= 4 is 0 Å². The van der Waals surface area contributed by atoms with Gasteiger partial charge in [-0.1, -0.05) is 0 Å². The minimum absolute atomic E-state index is 0.204. The first-order valence-electron chi connectivity index (χ1n) is 5.45. The third-order valence-electron chi connectivity index (χ3n) is 2.96. The van der Waals surface area contributed by atoms with E-state index in [0.29, 0.717) is 6.42 Å². The summed E-state index contributed by atoms with van der Waals surface area (Å²) in [4.78, 5) is 2.18. The van der Waals surface area contributed by atoms with Gasteiger partial charge in [-0.3, -0.25) is 4.90 Å². The van der Waals surface area contributed by atoms with Crippen molar-refractivity contribution in [3.63, 3.8) is 0 Å². The first-order chi connectivity index (χ1) is 6.88. The third-order valence-corrected chi connectivity index (χ3v) is 2.96. The fourth-order valence-corrected chi connectivity index (χ4v) is 2.00. The van der Waals surface area contributed by atoms with Gasteiger partial charge in [0, 0.05) is 25.0 Å². The van der Waals surface area contributed by atoms with E-state index in [1.165, 1.54) is 0 Å². The predicted octanol–water partition coefficient (Wildman–Crippen LogP) is 2.14. The third kappa shape index (κ3) is 4.84. The minimum atomic E-state index is -4.01.